The predicted molar refractivity (Wildman–Crippen MR) is 88.5 cm³/mol. The molecule has 0 atom stereocenters. The molecule has 0 radical (unpaired) electrons. The first-order chi connectivity index (χ1) is 10.2. The second-order valence-electron chi connectivity index (χ2n) is 5.54. The molecule has 2 aromatic heterocycles. The minimum atomic E-state index is 0.526. The van der Waals surface area contributed by atoms with Gasteiger partial charge in [-0.1, -0.05) is 12.8 Å². The van der Waals surface area contributed by atoms with Crippen LogP contribution in [-0.2, 0) is 0 Å². The predicted octanol–water partition coefficient (Wildman–Crippen LogP) is 4.31. The molecule has 0 amide bonds. The van der Waals surface area contributed by atoms with Gasteiger partial charge in [0.25, 0.3) is 0 Å². The first-order valence-electron chi connectivity index (χ1n) is 7.37. The zero-order chi connectivity index (χ0) is 14.8. The largest absolute Gasteiger partial charge is 0.372 e. The lowest BCUT2D eigenvalue weighted by molar-refractivity contribution is 0.691. The molecule has 4 nitrogen and oxygen atoms in total. The molecule has 1 saturated carbocycles. The normalized spacial score (nSPS) is 15.4. The summed E-state index contributed by atoms with van der Waals surface area (Å²) in [5.41, 5.74) is 3.11. The van der Waals surface area contributed by atoms with Crippen molar-refractivity contribution < 1.29 is 0 Å². The Balaban J connectivity index is 2.10. The monoisotopic (exact) mass is 346 g/mol. The molecular weight excluding hydrogens is 328 g/mol. The Bertz CT molecular complexity index is 651. The fourth-order valence-electron chi connectivity index (χ4n) is 2.87. The molecule has 1 N–H and O–H groups in total. The standard InChI is InChI=1S/C16H19BrN4/c1-10-7-8-19-12(9-10)15-20-14(11-5-3-4-6-11)13(17)16(18-2)21-15/h7-9,11H,3-6H2,1-2H3,(H,18,20,21). The van der Waals surface area contributed by atoms with Crippen LogP contribution in [0.1, 0.15) is 42.9 Å². The molecule has 0 aromatic carbocycles. The van der Waals surface area contributed by atoms with E-state index in [1.54, 1.807) is 0 Å². The van der Waals surface area contributed by atoms with Crippen molar-refractivity contribution in [3.63, 3.8) is 0 Å². The van der Waals surface area contributed by atoms with Crippen LogP contribution >= 0.6 is 15.9 Å². The Kier molecular flexibility index (Phi) is 4.19. The summed E-state index contributed by atoms with van der Waals surface area (Å²) in [6, 6.07) is 4.01. The third-order valence-corrected chi connectivity index (χ3v) is 4.78. The quantitative estimate of drug-likeness (QED) is 0.899. The summed E-state index contributed by atoms with van der Waals surface area (Å²) in [5.74, 6) is 2.07. The van der Waals surface area contributed by atoms with Crippen LogP contribution in [0.2, 0.25) is 0 Å². The average molecular weight is 347 g/mol. The van der Waals surface area contributed by atoms with Gasteiger partial charge in [0, 0.05) is 19.2 Å². The molecule has 110 valence electrons. The number of nitrogens with one attached hydrogen (secondary N) is 1. The summed E-state index contributed by atoms with van der Waals surface area (Å²) >= 11 is 3.66. The molecule has 0 unspecified atom stereocenters. The van der Waals surface area contributed by atoms with E-state index in [1.165, 1.54) is 31.2 Å². The number of halogens is 1. The van der Waals surface area contributed by atoms with Gasteiger partial charge in [-0.05, 0) is 53.4 Å². The van der Waals surface area contributed by atoms with Crippen LogP contribution in [-0.4, -0.2) is 22.0 Å². The van der Waals surface area contributed by atoms with Gasteiger partial charge in [0.1, 0.15) is 11.5 Å². The van der Waals surface area contributed by atoms with E-state index >= 15 is 0 Å². The van der Waals surface area contributed by atoms with Gasteiger partial charge in [-0.3, -0.25) is 4.98 Å². The molecule has 1 fully saturated rings. The molecule has 0 saturated heterocycles. The Labute approximate surface area is 133 Å². The highest BCUT2D eigenvalue weighted by Gasteiger charge is 2.24. The van der Waals surface area contributed by atoms with Crippen molar-refractivity contribution in [1.29, 1.82) is 0 Å². The van der Waals surface area contributed by atoms with E-state index in [4.69, 9.17) is 4.98 Å². The van der Waals surface area contributed by atoms with Crippen LogP contribution < -0.4 is 5.32 Å². The molecule has 0 spiro atoms. The third kappa shape index (κ3) is 2.93. The lowest BCUT2D eigenvalue weighted by Crippen LogP contribution is -2.06. The van der Waals surface area contributed by atoms with E-state index in [-0.39, 0.29) is 0 Å². The molecule has 21 heavy (non-hydrogen) atoms. The summed E-state index contributed by atoms with van der Waals surface area (Å²) in [4.78, 5) is 13.8. The average Bonchev–Trinajstić information content (AvgIpc) is 3.01. The number of anilines is 1. The number of hydrogen-bond donors (Lipinski definition) is 1. The van der Waals surface area contributed by atoms with Gasteiger partial charge in [-0.2, -0.15) is 0 Å². The molecule has 1 aliphatic carbocycles. The number of aromatic nitrogens is 3. The van der Waals surface area contributed by atoms with Gasteiger partial charge in [0.2, 0.25) is 0 Å². The molecule has 2 heterocycles. The second kappa shape index (κ2) is 6.10. The van der Waals surface area contributed by atoms with E-state index in [2.05, 4.69) is 38.1 Å². The highest BCUT2D eigenvalue weighted by Crippen LogP contribution is 2.39. The van der Waals surface area contributed by atoms with Gasteiger partial charge in [-0.25, -0.2) is 9.97 Å². The van der Waals surface area contributed by atoms with Crippen molar-refractivity contribution in [3.8, 4) is 11.5 Å². The van der Waals surface area contributed by atoms with E-state index in [1.807, 2.05) is 25.4 Å². The van der Waals surface area contributed by atoms with Crippen LogP contribution in [0.5, 0.6) is 0 Å². The van der Waals surface area contributed by atoms with Gasteiger partial charge in [0.15, 0.2) is 5.82 Å². The van der Waals surface area contributed by atoms with E-state index in [0.29, 0.717) is 11.7 Å². The SMILES string of the molecule is CNc1nc(-c2cc(C)ccn2)nc(C2CCCC2)c1Br. The zero-order valence-electron chi connectivity index (χ0n) is 12.4. The van der Waals surface area contributed by atoms with E-state index in [0.717, 1.165) is 21.7 Å². The molecule has 1 aliphatic rings. The Morgan fingerprint density at radius 3 is 2.67 bits per heavy atom. The van der Waals surface area contributed by atoms with Crippen molar-refractivity contribution in [3.05, 3.63) is 34.1 Å². The Hall–Kier alpha value is -1.49. The van der Waals surface area contributed by atoms with Gasteiger partial charge in [-0.15, -0.1) is 0 Å². The maximum atomic E-state index is 4.81. The van der Waals surface area contributed by atoms with E-state index < -0.39 is 0 Å². The number of aryl methyl sites for hydroxylation is 1. The molecule has 2 aromatic rings. The Morgan fingerprint density at radius 1 is 1.24 bits per heavy atom. The van der Waals surface area contributed by atoms with Gasteiger partial charge < -0.3 is 5.32 Å². The topological polar surface area (TPSA) is 50.7 Å². The molecule has 3 rings (SSSR count). The van der Waals surface area contributed by atoms with Crippen LogP contribution in [0.15, 0.2) is 22.8 Å². The van der Waals surface area contributed by atoms with Crippen molar-refractivity contribution >= 4 is 21.7 Å². The number of pyridine rings is 1. The highest BCUT2D eigenvalue weighted by atomic mass is 79.9. The van der Waals surface area contributed by atoms with Gasteiger partial charge >= 0.3 is 0 Å². The summed E-state index contributed by atoms with van der Waals surface area (Å²) in [6.45, 7) is 2.06. The van der Waals surface area contributed by atoms with Gasteiger partial charge in [0.05, 0.1) is 10.2 Å². The van der Waals surface area contributed by atoms with Crippen molar-refractivity contribution in [2.24, 2.45) is 0 Å². The maximum absolute atomic E-state index is 4.81. The molecule has 0 bridgehead atoms. The van der Waals surface area contributed by atoms with Crippen LogP contribution in [0, 0.1) is 6.92 Å². The lowest BCUT2D eigenvalue weighted by Gasteiger charge is -2.15. The summed E-state index contributed by atoms with van der Waals surface area (Å²) in [7, 11) is 1.89. The van der Waals surface area contributed by atoms with Crippen molar-refractivity contribution in [1.82, 2.24) is 15.0 Å². The lowest BCUT2D eigenvalue weighted by atomic mass is 10.0. The summed E-state index contributed by atoms with van der Waals surface area (Å²) in [5, 5.41) is 3.16. The Morgan fingerprint density at radius 2 is 2.00 bits per heavy atom. The summed E-state index contributed by atoms with van der Waals surface area (Å²) < 4.78 is 0.994. The number of hydrogen-bond acceptors (Lipinski definition) is 4. The fourth-order valence-corrected chi connectivity index (χ4v) is 3.57. The van der Waals surface area contributed by atoms with Crippen molar-refractivity contribution in [2.75, 3.05) is 12.4 Å². The zero-order valence-corrected chi connectivity index (χ0v) is 13.9. The summed E-state index contributed by atoms with van der Waals surface area (Å²) in [6.07, 6.45) is 6.80. The maximum Gasteiger partial charge on any atom is 0.180 e. The van der Waals surface area contributed by atoms with Crippen LogP contribution in [0.25, 0.3) is 11.5 Å². The third-order valence-electron chi connectivity index (χ3n) is 4.00. The minimum Gasteiger partial charge on any atom is -0.372 e. The minimum absolute atomic E-state index is 0.526. The molecule has 5 heteroatoms. The van der Waals surface area contributed by atoms with Crippen molar-refractivity contribution in [2.45, 2.75) is 38.5 Å². The smallest absolute Gasteiger partial charge is 0.180 e. The number of nitrogens with zero attached hydrogens (tertiary/aromatic N) is 3. The van der Waals surface area contributed by atoms with Crippen LogP contribution in [0.3, 0.4) is 0 Å². The van der Waals surface area contributed by atoms with E-state index in [9.17, 15) is 0 Å². The molecule has 0 aliphatic heterocycles. The highest BCUT2D eigenvalue weighted by molar-refractivity contribution is 9.10. The number of rotatable bonds is 3. The van der Waals surface area contributed by atoms with Crippen LogP contribution in [0.4, 0.5) is 5.82 Å². The first-order valence-corrected chi connectivity index (χ1v) is 8.16. The molecular formula is C16H19BrN4. The first kappa shape index (κ1) is 14.4. The second-order valence-corrected chi connectivity index (χ2v) is 6.34. The fraction of sp³-hybridized carbons (Fsp3) is 0.438.